The van der Waals surface area contributed by atoms with E-state index in [1.54, 1.807) is 0 Å². The second-order valence-electron chi connectivity index (χ2n) is 4.67. The van der Waals surface area contributed by atoms with Gasteiger partial charge in [0.25, 0.3) is 0 Å². The minimum absolute atomic E-state index is 0.221. The zero-order valence-electron chi connectivity index (χ0n) is 8.97. The normalized spacial score (nSPS) is 27.1. The molecule has 0 aromatic rings. The maximum Gasteiger partial charge on any atom is 0.0677 e. The minimum Gasteiger partial charge on any atom is -0.377 e. The van der Waals surface area contributed by atoms with Crippen molar-refractivity contribution >= 4 is 0 Å². The van der Waals surface area contributed by atoms with Crippen molar-refractivity contribution in [1.29, 1.82) is 0 Å². The standard InChI is InChI=1S/C11H21NO/c1-4-13-8-9-5-10(12)7-11(2,3)6-9/h5,10H,4,6-8,12H2,1-3H3. The van der Waals surface area contributed by atoms with Crippen molar-refractivity contribution in [2.75, 3.05) is 13.2 Å². The first-order valence-electron chi connectivity index (χ1n) is 5.06. The molecule has 13 heavy (non-hydrogen) atoms. The fraction of sp³-hybridized carbons (Fsp3) is 0.818. The van der Waals surface area contributed by atoms with Crippen LogP contribution in [-0.4, -0.2) is 19.3 Å². The van der Waals surface area contributed by atoms with Gasteiger partial charge in [0, 0.05) is 12.6 Å². The van der Waals surface area contributed by atoms with Crippen molar-refractivity contribution in [1.82, 2.24) is 0 Å². The van der Waals surface area contributed by atoms with E-state index in [9.17, 15) is 0 Å². The van der Waals surface area contributed by atoms with E-state index in [-0.39, 0.29) is 6.04 Å². The molecule has 0 fully saturated rings. The van der Waals surface area contributed by atoms with Gasteiger partial charge in [-0.1, -0.05) is 19.9 Å². The molecule has 0 amide bonds. The van der Waals surface area contributed by atoms with Gasteiger partial charge in [-0.25, -0.2) is 0 Å². The van der Waals surface area contributed by atoms with E-state index in [1.165, 1.54) is 5.57 Å². The molecule has 0 aromatic heterocycles. The Morgan fingerprint density at radius 3 is 2.85 bits per heavy atom. The quantitative estimate of drug-likeness (QED) is 0.680. The molecule has 1 aliphatic rings. The third kappa shape index (κ3) is 3.49. The molecule has 0 saturated heterocycles. The smallest absolute Gasteiger partial charge is 0.0677 e. The van der Waals surface area contributed by atoms with Gasteiger partial charge in [-0.3, -0.25) is 0 Å². The maximum absolute atomic E-state index is 5.94. The second-order valence-corrected chi connectivity index (χ2v) is 4.67. The number of ether oxygens (including phenoxy) is 1. The molecular weight excluding hydrogens is 162 g/mol. The lowest BCUT2D eigenvalue weighted by Crippen LogP contribution is -2.31. The van der Waals surface area contributed by atoms with Crippen LogP contribution in [0.3, 0.4) is 0 Å². The summed E-state index contributed by atoms with van der Waals surface area (Å²) in [6, 6.07) is 0.221. The molecule has 2 nitrogen and oxygen atoms in total. The van der Waals surface area contributed by atoms with Gasteiger partial charge in [-0.15, -0.1) is 0 Å². The summed E-state index contributed by atoms with van der Waals surface area (Å²) in [5.74, 6) is 0. The van der Waals surface area contributed by atoms with E-state index >= 15 is 0 Å². The Labute approximate surface area is 81.1 Å². The predicted molar refractivity (Wildman–Crippen MR) is 55.6 cm³/mol. The van der Waals surface area contributed by atoms with E-state index in [0.717, 1.165) is 26.1 Å². The summed E-state index contributed by atoms with van der Waals surface area (Å²) in [5.41, 5.74) is 7.65. The Hall–Kier alpha value is -0.340. The number of hydrogen-bond donors (Lipinski definition) is 1. The van der Waals surface area contributed by atoms with Crippen LogP contribution in [0.4, 0.5) is 0 Å². The first kappa shape index (κ1) is 10.7. The fourth-order valence-corrected chi connectivity index (χ4v) is 2.08. The first-order chi connectivity index (χ1) is 6.03. The molecule has 0 spiro atoms. The molecule has 0 aromatic carbocycles. The highest BCUT2D eigenvalue weighted by molar-refractivity contribution is 5.14. The van der Waals surface area contributed by atoms with E-state index in [4.69, 9.17) is 10.5 Å². The van der Waals surface area contributed by atoms with E-state index in [0.29, 0.717) is 5.41 Å². The number of rotatable bonds is 3. The van der Waals surface area contributed by atoms with Crippen LogP contribution in [0.15, 0.2) is 11.6 Å². The highest BCUT2D eigenvalue weighted by atomic mass is 16.5. The zero-order valence-corrected chi connectivity index (χ0v) is 8.97. The van der Waals surface area contributed by atoms with Gasteiger partial charge in [0.15, 0.2) is 0 Å². The van der Waals surface area contributed by atoms with Crippen molar-refractivity contribution in [2.24, 2.45) is 11.1 Å². The van der Waals surface area contributed by atoms with Gasteiger partial charge >= 0.3 is 0 Å². The molecule has 0 saturated carbocycles. The number of hydrogen-bond acceptors (Lipinski definition) is 2. The molecule has 1 aliphatic carbocycles. The molecular formula is C11H21NO. The van der Waals surface area contributed by atoms with Crippen molar-refractivity contribution in [3.05, 3.63) is 11.6 Å². The predicted octanol–water partition coefficient (Wildman–Crippen LogP) is 2.10. The maximum atomic E-state index is 5.94. The van der Waals surface area contributed by atoms with E-state index < -0.39 is 0 Å². The van der Waals surface area contributed by atoms with Crippen LogP contribution in [0, 0.1) is 5.41 Å². The Kier molecular flexibility index (Phi) is 3.51. The summed E-state index contributed by atoms with van der Waals surface area (Å²) in [6.07, 6.45) is 4.38. The fourth-order valence-electron chi connectivity index (χ4n) is 2.08. The third-order valence-corrected chi connectivity index (χ3v) is 2.44. The summed E-state index contributed by atoms with van der Waals surface area (Å²) in [5, 5.41) is 0. The summed E-state index contributed by atoms with van der Waals surface area (Å²) in [4.78, 5) is 0. The Bertz CT molecular complexity index is 196. The lowest BCUT2D eigenvalue weighted by molar-refractivity contribution is 0.158. The van der Waals surface area contributed by atoms with Crippen LogP contribution in [0.2, 0.25) is 0 Å². The largest absolute Gasteiger partial charge is 0.377 e. The molecule has 0 aliphatic heterocycles. The second kappa shape index (κ2) is 4.25. The van der Waals surface area contributed by atoms with Crippen molar-refractivity contribution in [3.63, 3.8) is 0 Å². The van der Waals surface area contributed by atoms with Crippen molar-refractivity contribution < 1.29 is 4.74 Å². The van der Waals surface area contributed by atoms with Gasteiger partial charge < -0.3 is 10.5 Å². The van der Waals surface area contributed by atoms with Gasteiger partial charge in [-0.2, -0.15) is 0 Å². The molecule has 1 atom stereocenters. The average molecular weight is 183 g/mol. The van der Waals surface area contributed by atoms with Crippen LogP contribution in [0.5, 0.6) is 0 Å². The molecule has 0 bridgehead atoms. The van der Waals surface area contributed by atoms with Gasteiger partial charge in [0.05, 0.1) is 6.61 Å². The van der Waals surface area contributed by atoms with Gasteiger partial charge in [-0.05, 0) is 30.8 Å². The van der Waals surface area contributed by atoms with Crippen LogP contribution < -0.4 is 5.73 Å². The summed E-state index contributed by atoms with van der Waals surface area (Å²) < 4.78 is 5.39. The Morgan fingerprint density at radius 2 is 2.31 bits per heavy atom. The van der Waals surface area contributed by atoms with E-state index in [2.05, 4.69) is 19.9 Å². The van der Waals surface area contributed by atoms with Crippen LogP contribution in [0.25, 0.3) is 0 Å². The zero-order chi connectivity index (χ0) is 9.90. The van der Waals surface area contributed by atoms with Gasteiger partial charge in [0.2, 0.25) is 0 Å². The lowest BCUT2D eigenvalue weighted by atomic mass is 9.76. The molecule has 76 valence electrons. The SMILES string of the molecule is CCOCC1=CC(N)CC(C)(C)C1. The van der Waals surface area contributed by atoms with Gasteiger partial charge in [0.1, 0.15) is 0 Å². The Balaban J connectivity index is 2.53. The monoisotopic (exact) mass is 183 g/mol. The molecule has 2 N–H and O–H groups in total. The molecule has 1 unspecified atom stereocenters. The lowest BCUT2D eigenvalue weighted by Gasteiger charge is -2.33. The van der Waals surface area contributed by atoms with Crippen LogP contribution in [-0.2, 0) is 4.74 Å². The van der Waals surface area contributed by atoms with E-state index in [1.807, 2.05) is 6.92 Å². The summed E-state index contributed by atoms with van der Waals surface area (Å²) >= 11 is 0. The Morgan fingerprint density at radius 1 is 1.62 bits per heavy atom. The van der Waals surface area contributed by atoms with Crippen molar-refractivity contribution in [2.45, 2.75) is 39.7 Å². The minimum atomic E-state index is 0.221. The van der Waals surface area contributed by atoms with Crippen LogP contribution >= 0.6 is 0 Å². The molecule has 2 heteroatoms. The average Bonchev–Trinajstić information content (AvgIpc) is 1.97. The third-order valence-electron chi connectivity index (χ3n) is 2.44. The van der Waals surface area contributed by atoms with Crippen molar-refractivity contribution in [3.8, 4) is 0 Å². The topological polar surface area (TPSA) is 35.2 Å². The summed E-state index contributed by atoms with van der Waals surface area (Å²) in [6.45, 7) is 8.10. The highest BCUT2D eigenvalue weighted by Gasteiger charge is 2.26. The number of nitrogens with two attached hydrogens (primary N) is 1. The van der Waals surface area contributed by atoms with Crippen LogP contribution in [0.1, 0.15) is 33.6 Å². The summed E-state index contributed by atoms with van der Waals surface area (Å²) in [7, 11) is 0. The highest BCUT2D eigenvalue weighted by Crippen LogP contribution is 2.34. The first-order valence-corrected chi connectivity index (χ1v) is 5.06. The molecule has 1 rings (SSSR count). The molecule has 0 heterocycles. The molecule has 0 radical (unpaired) electrons.